The molecule has 2 aromatic carbocycles. The molecule has 2 N–H and O–H groups in total. The van der Waals surface area contributed by atoms with E-state index in [9.17, 15) is 9.18 Å². The fourth-order valence-electron chi connectivity index (χ4n) is 1.98. The molecule has 0 radical (unpaired) electrons. The van der Waals surface area contributed by atoms with E-state index in [2.05, 4.69) is 15.9 Å². The van der Waals surface area contributed by atoms with Gasteiger partial charge in [-0.15, -0.1) is 0 Å². The van der Waals surface area contributed by atoms with Crippen LogP contribution in [0.15, 0.2) is 46.9 Å². The molecule has 0 aliphatic rings. The molecule has 2 aromatic rings. The predicted molar refractivity (Wildman–Crippen MR) is 85.4 cm³/mol. The molecule has 0 saturated heterocycles. The number of carbonyl (C=O) groups is 1. The van der Waals surface area contributed by atoms with Crippen molar-refractivity contribution in [2.45, 2.75) is 13.5 Å². The molecule has 0 aliphatic heterocycles. The summed E-state index contributed by atoms with van der Waals surface area (Å²) in [5.41, 5.74) is 7.80. The fourth-order valence-corrected chi connectivity index (χ4v) is 2.36. The molecule has 0 saturated carbocycles. The molecule has 0 atom stereocenters. The second kappa shape index (κ2) is 6.72. The average Bonchev–Trinajstić information content (AvgIpc) is 2.49. The van der Waals surface area contributed by atoms with Crippen LogP contribution in [0, 0.1) is 5.82 Å². The van der Waals surface area contributed by atoms with Crippen LogP contribution in [-0.4, -0.2) is 17.4 Å². The van der Waals surface area contributed by atoms with Crippen molar-refractivity contribution in [3.05, 3.63) is 63.9 Å². The molecule has 0 unspecified atom stereocenters. The number of anilines is 1. The molecule has 0 heterocycles. The van der Waals surface area contributed by atoms with Gasteiger partial charge in [0.15, 0.2) is 0 Å². The van der Waals surface area contributed by atoms with E-state index in [4.69, 9.17) is 5.73 Å². The van der Waals surface area contributed by atoms with E-state index in [-0.39, 0.29) is 16.2 Å². The van der Waals surface area contributed by atoms with Crippen LogP contribution >= 0.6 is 15.9 Å². The summed E-state index contributed by atoms with van der Waals surface area (Å²) in [6.07, 6.45) is 0. The molecule has 2 rings (SSSR count). The summed E-state index contributed by atoms with van der Waals surface area (Å²) in [6.45, 7) is 2.97. The van der Waals surface area contributed by atoms with E-state index < -0.39 is 0 Å². The molecule has 0 aromatic heterocycles. The summed E-state index contributed by atoms with van der Waals surface area (Å²) in [6, 6.07) is 11.7. The van der Waals surface area contributed by atoms with E-state index in [1.807, 2.05) is 31.2 Å². The van der Waals surface area contributed by atoms with Crippen LogP contribution in [0.1, 0.15) is 22.8 Å². The molecule has 0 aliphatic carbocycles. The first-order valence-electron chi connectivity index (χ1n) is 6.60. The highest BCUT2D eigenvalue weighted by molar-refractivity contribution is 9.10. The number of amides is 1. The van der Waals surface area contributed by atoms with Crippen molar-refractivity contribution in [1.29, 1.82) is 0 Å². The third-order valence-electron chi connectivity index (χ3n) is 3.19. The molecule has 21 heavy (non-hydrogen) atoms. The second-order valence-corrected chi connectivity index (χ2v) is 5.54. The molecular weight excluding hydrogens is 335 g/mol. The van der Waals surface area contributed by atoms with E-state index in [0.29, 0.717) is 24.3 Å². The lowest BCUT2D eigenvalue weighted by Gasteiger charge is -2.21. The Balaban J connectivity index is 2.18. The number of nitrogens with two attached hydrogens (primary N) is 1. The Kier molecular flexibility index (Phi) is 4.96. The summed E-state index contributed by atoms with van der Waals surface area (Å²) < 4.78 is 13.5. The first kappa shape index (κ1) is 15.5. The average molecular weight is 351 g/mol. The lowest BCUT2D eigenvalue weighted by molar-refractivity contribution is 0.0752. The minimum atomic E-state index is -0.381. The molecule has 3 nitrogen and oxygen atoms in total. The summed E-state index contributed by atoms with van der Waals surface area (Å²) in [5.74, 6) is -0.511. The van der Waals surface area contributed by atoms with Crippen LogP contribution in [0.25, 0.3) is 0 Å². The van der Waals surface area contributed by atoms with Gasteiger partial charge in [-0.05, 0) is 58.7 Å². The SMILES string of the molecule is CCN(Cc1ccc(N)cc1)C(=O)c1ccc(F)c(Br)c1. The van der Waals surface area contributed by atoms with Crippen LogP contribution in [0.5, 0.6) is 0 Å². The zero-order valence-corrected chi connectivity index (χ0v) is 13.2. The lowest BCUT2D eigenvalue weighted by Crippen LogP contribution is -2.30. The summed E-state index contributed by atoms with van der Waals surface area (Å²) >= 11 is 3.10. The van der Waals surface area contributed by atoms with Gasteiger partial charge >= 0.3 is 0 Å². The number of benzene rings is 2. The minimum Gasteiger partial charge on any atom is -0.399 e. The standard InChI is InChI=1S/C16H16BrFN2O/c1-2-20(10-11-3-6-13(19)7-4-11)16(21)12-5-8-15(18)14(17)9-12/h3-9H,2,10,19H2,1H3. The molecule has 1 amide bonds. The van der Waals surface area contributed by atoms with Crippen molar-refractivity contribution in [2.24, 2.45) is 0 Å². The van der Waals surface area contributed by atoms with E-state index in [0.717, 1.165) is 5.56 Å². The number of hydrogen-bond acceptors (Lipinski definition) is 2. The predicted octanol–water partition coefficient (Wildman–Crippen LogP) is 3.83. The van der Waals surface area contributed by atoms with E-state index in [1.54, 1.807) is 4.90 Å². The molecule has 5 heteroatoms. The van der Waals surface area contributed by atoms with Crippen LogP contribution in [0.3, 0.4) is 0 Å². The first-order chi connectivity index (χ1) is 10.0. The molecule has 0 fully saturated rings. The van der Waals surface area contributed by atoms with Crippen LogP contribution < -0.4 is 5.73 Å². The quantitative estimate of drug-likeness (QED) is 0.851. The number of halogens is 2. The Labute approximate surface area is 131 Å². The Morgan fingerprint density at radius 3 is 2.48 bits per heavy atom. The van der Waals surface area contributed by atoms with Crippen molar-refractivity contribution in [2.75, 3.05) is 12.3 Å². The van der Waals surface area contributed by atoms with Gasteiger partial charge in [-0.2, -0.15) is 0 Å². The van der Waals surface area contributed by atoms with Crippen LogP contribution in [-0.2, 0) is 6.54 Å². The van der Waals surface area contributed by atoms with Crippen LogP contribution in [0.4, 0.5) is 10.1 Å². The van der Waals surface area contributed by atoms with Crippen molar-refractivity contribution >= 4 is 27.5 Å². The number of nitrogen functional groups attached to an aromatic ring is 1. The van der Waals surface area contributed by atoms with Crippen molar-refractivity contribution in [3.63, 3.8) is 0 Å². The first-order valence-corrected chi connectivity index (χ1v) is 7.39. The van der Waals surface area contributed by atoms with Gasteiger partial charge < -0.3 is 10.6 Å². The van der Waals surface area contributed by atoms with Gasteiger partial charge in [0, 0.05) is 24.3 Å². The third-order valence-corrected chi connectivity index (χ3v) is 3.80. The summed E-state index contributed by atoms with van der Waals surface area (Å²) in [5, 5.41) is 0. The molecule has 0 spiro atoms. The Morgan fingerprint density at radius 2 is 1.90 bits per heavy atom. The van der Waals surface area contributed by atoms with Gasteiger partial charge in [0.1, 0.15) is 5.82 Å². The van der Waals surface area contributed by atoms with Crippen molar-refractivity contribution in [1.82, 2.24) is 4.90 Å². The van der Waals surface area contributed by atoms with Gasteiger partial charge in [0.25, 0.3) is 5.91 Å². The smallest absolute Gasteiger partial charge is 0.254 e. The van der Waals surface area contributed by atoms with Crippen LogP contribution in [0.2, 0.25) is 0 Å². The largest absolute Gasteiger partial charge is 0.399 e. The topological polar surface area (TPSA) is 46.3 Å². The van der Waals surface area contributed by atoms with E-state index >= 15 is 0 Å². The fraction of sp³-hybridized carbons (Fsp3) is 0.188. The van der Waals surface area contributed by atoms with Crippen molar-refractivity contribution < 1.29 is 9.18 Å². The maximum Gasteiger partial charge on any atom is 0.254 e. The Hall–Kier alpha value is -1.88. The number of nitrogens with zero attached hydrogens (tertiary/aromatic N) is 1. The lowest BCUT2D eigenvalue weighted by atomic mass is 10.1. The third kappa shape index (κ3) is 3.82. The van der Waals surface area contributed by atoms with Gasteiger partial charge in [0.2, 0.25) is 0 Å². The summed E-state index contributed by atoms with van der Waals surface area (Å²) in [4.78, 5) is 14.2. The van der Waals surface area contributed by atoms with Gasteiger partial charge in [-0.3, -0.25) is 4.79 Å². The number of rotatable bonds is 4. The van der Waals surface area contributed by atoms with Gasteiger partial charge in [-0.1, -0.05) is 12.1 Å². The molecule has 110 valence electrons. The van der Waals surface area contributed by atoms with Crippen molar-refractivity contribution in [3.8, 4) is 0 Å². The number of hydrogen-bond donors (Lipinski definition) is 1. The highest BCUT2D eigenvalue weighted by Gasteiger charge is 2.15. The minimum absolute atomic E-state index is 0.130. The van der Waals surface area contributed by atoms with Gasteiger partial charge in [0.05, 0.1) is 4.47 Å². The monoisotopic (exact) mass is 350 g/mol. The number of carbonyl (C=O) groups excluding carboxylic acids is 1. The van der Waals surface area contributed by atoms with E-state index in [1.165, 1.54) is 18.2 Å². The maximum absolute atomic E-state index is 13.2. The molecular formula is C16H16BrFN2O. The Morgan fingerprint density at radius 1 is 1.24 bits per heavy atom. The highest BCUT2D eigenvalue weighted by Crippen LogP contribution is 2.19. The Bertz CT molecular complexity index is 643. The zero-order valence-electron chi connectivity index (χ0n) is 11.6. The zero-order chi connectivity index (χ0) is 15.4. The maximum atomic E-state index is 13.2. The highest BCUT2D eigenvalue weighted by atomic mass is 79.9. The second-order valence-electron chi connectivity index (χ2n) is 4.69. The van der Waals surface area contributed by atoms with Gasteiger partial charge in [-0.25, -0.2) is 4.39 Å². The molecule has 0 bridgehead atoms. The summed E-state index contributed by atoms with van der Waals surface area (Å²) in [7, 11) is 0. The normalized spacial score (nSPS) is 10.4.